The van der Waals surface area contributed by atoms with Crippen molar-refractivity contribution < 1.29 is 8.83 Å². The van der Waals surface area contributed by atoms with E-state index in [0.29, 0.717) is 0 Å². The van der Waals surface area contributed by atoms with Crippen molar-refractivity contribution >= 4 is 101 Å². The lowest BCUT2D eigenvalue weighted by atomic mass is 9.42. The molecular weight excluding hydrogens is 659 g/mol. The molecular formula is C49H31BN2O2. The van der Waals surface area contributed by atoms with Crippen LogP contribution in [-0.4, -0.2) is 6.85 Å². The lowest BCUT2D eigenvalue weighted by molar-refractivity contribution is 0.632. The molecule has 0 bridgehead atoms. The minimum atomic E-state index is -0.223. The Morgan fingerprint density at radius 1 is 0.481 bits per heavy atom. The van der Waals surface area contributed by atoms with E-state index < -0.39 is 0 Å². The zero-order valence-electron chi connectivity index (χ0n) is 29.7. The topological polar surface area (TPSA) is 32.8 Å². The Balaban J connectivity index is 1.27. The van der Waals surface area contributed by atoms with E-state index in [1.54, 1.807) is 0 Å². The van der Waals surface area contributed by atoms with Crippen molar-refractivity contribution in [3.05, 3.63) is 163 Å². The fraction of sp³-hybridized carbons (Fsp3) is 0.0612. The molecule has 0 amide bonds. The number of anilines is 5. The summed E-state index contributed by atoms with van der Waals surface area (Å²) in [5.41, 5.74) is 17.0. The molecule has 10 aromatic rings. The molecule has 54 heavy (non-hydrogen) atoms. The number of benzene rings is 8. The first-order chi connectivity index (χ1) is 26.6. The Labute approximate surface area is 311 Å². The van der Waals surface area contributed by atoms with E-state index in [1.165, 1.54) is 66.7 Å². The highest BCUT2D eigenvalue weighted by molar-refractivity contribution is 6.94. The van der Waals surface area contributed by atoms with E-state index >= 15 is 0 Å². The number of furan rings is 2. The minimum absolute atomic E-state index is 0.145. The van der Waals surface area contributed by atoms with Gasteiger partial charge in [-0.05, 0) is 86.9 Å². The number of nitrogens with zero attached hydrogens (tertiary/aromatic N) is 2. The molecule has 5 heteroatoms. The molecule has 0 saturated heterocycles. The molecule has 3 aliphatic rings. The van der Waals surface area contributed by atoms with E-state index in [2.05, 4.69) is 175 Å². The van der Waals surface area contributed by atoms with Crippen LogP contribution in [0.25, 0.3) is 65.8 Å². The largest absolute Gasteiger partial charge is 0.456 e. The zero-order chi connectivity index (χ0) is 35.4. The van der Waals surface area contributed by atoms with Crippen LogP contribution in [-0.2, 0) is 5.41 Å². The van der Waals surface area contributed by atoms with Gasteiger partial charge in [0.15, 0.2) is 0 Å². The first kappa shape index (κ1) is 28.8. The van der Waals surface area contributed by atoms with Crippen molar-refractivity contribution in [3.63, 3.8) is 0 Å². The van der Waals surface area contributed by atoms with Crippen LogP contribution in [0.4, 0.5) is 28.4 Å². The summed E-state index contributed by atoms with van der Waals surface area (Å²) in [4.78, 5) is 5.22. The van der Waals surface area contributed by atoms with Crippen LogP contribution in [0, 0.1) is 0 Å². The van der Waals surface area contributed by atoms with E-state index in [4.69, 9.17) is 8.83 Å². The molecule has 0 atom stereocenters. The molecule has 0 spiro atoms. The van der Waals surface area contributed by atoms with E-state index in [0.717, 1.165) is 49.6 Å². The van der Waals surface area contributed by atoms with Crippen LogP contribution in [0.5, 0.6) is 0 Å². The van der Waals surface area contributed by atoms with Crippen molar-refractivity contribution in [1.29, 1.82) is 0 Å². The van der Waals surface area contributed by atoms with Crippen molar-refractivity contribution in [2.24, 2.45) is 0 Å². The van der Waals surface area contributed by atoms with Gasteiger partial charge in [0.25, 0.3) is 0 Å². The SMILES string of the molecule is CC1(C)c2ccccc2N2c3c(cccc31)B1c3c(cc4oc5ccccc5c4c32)-c2cc3ccccc3cc2N1c1cccc2oc3ccccc3c12. The van der Waals surface area contributed by atoms with Gasteiger partial charge in [-0.1, -0.05) is 117 Å². The molecule has 5 heterocycles. The maximum Gasteiger partial charge on any atom is 0.333 e. The second kappa shape index (κ2) is 9.83. The van der Waals surface area contributed by atoms with Crippen molar-refractivity contribution in [2.45, 2.75) is 19.3 Å². The highest BCUT2D eigenvalue weighted by Crippen LogP contribution is 2.57. The Bertz CT molecular complexity index is 3300. The molecule has 0 N–H and O–H groups in total. The molecule has 2 aromatic heterocycles. The second-order valence-corrected chi connectivity index (χ2v) is 15.6. The highest BCUT2D eigenvalue weighted by atomic mass is 16.3. The highest BCUT2D eigenvalue weighted by Gasteiger charge is 2.50. The smallest absolute Gasteiger partial charge is 0.333 e. The predicted molar refractivity (Wildman–Crippen MR) is 224 cm³/mol. The number of hydrogen-bond donors (Lipinski definition) is 0. The third-order valence-electron chi connectivity index (χ3n) is 12.6. The molecule has 252 valence electrons. The van der Waals surface area contributed by atoms with Crippen molar-refractivity contribution in [1.82, 2.24) is 0 Å². The maximum atomic E-state index is 6.84. The fourth-order valence-corrected chi connectivity index (χ4v) is 10.3. The standard InChI is InChI=1S/C49H31BN2O2/c1-49(2)34-17-7-8-20-37(34)51-47-35(49)18-11-19-36(47)50-46-33(27-43-45(48(46)51)31-16-6-10-23-41(31)54-43)32-25-28-13-3-4-14-29(28)26-39(32)52(50)38-21-12-24-42-44(38)30-15-5-9-22-40(30)53-42/h3-27H,1-2H3. The molecule has 4 nitrogen and oxygen atoms in total. The molecule has 0 aliphatic carbocycles. The molecule has 13 rings (SSSR count). The summed E-state index contributed by atoms with van der Waals surface area (Å²) in [6, 6.07) is 55.4. The Hall–Kier alpha value is -6.72. The van der Waals surface area contributed by atoms with Crippen molar-refractivity contribution in [3.8, 4) is 11.1 Å². The summed E-state index contributed by atoms with van der Waals surface area (Å²) in [6.45, 7) is 4.62. The third kappa shape index (κ3) is 3.41. The second-order valence-electron chi connectivity index (χ2n) is 15.6. The van der Waals surface area contributed by atoms with Crippen LogP contribution in [0.3, 0.4) is 0 Å². The summed E-state index contributed by atoms with van der Waals surface area (Å²) in [5, 5.41) is 6.96. The molecule has 8 aromatic carbocycles. The number of fused-ring (bicyclic) bond motifs is 14. The Morgan fingerprint density at radius 3 is 1.94 bits per heavy atom. The van der Waals surface area contributed by atoms with Gasteiger partial charge < -0.3 is 18.5 Å². The first-order valence-electron chi connectivity index (χ1n) is 18.8. The number of para-hydroxylation sites is 4. The Morgan fingerprint density at radius 2 is 1.11 bits per heavy atom. The molecule has 3 aliphatic heterocycles. The monoisotopic (exact) mass is 690 g/mol. The van der Waals surface area contributed by atoms with Gasteiger partial charge in [0.05, 0.1) is 22.1 Å². The summed E-state index contributed by atoms with van der Waals surface area (Å²) in [6.07, 6.45) is 0. The van der Waals surface area contributed by atoms with E-state index in [9.17, 15) is 0 Å². The summed E-state index contributed by atoms with van der Waals surface area (Å²) in [5.74, 6) is 0. The van der Waals surface area contributed by atoms with Crippen LogP contribution in [0.2, 0.25) is 0 Å². The number of rotatable bonds is 1. The van der Waals surface area contributed by atoms with Crippen molar-refractivity contribution in [2.75, 3.05) is 9.71 Å². The molecule has 0 unspecified atom stereocenters. The van der Waals surface area contributed by atoms with Gasteiger partial charge in [-0.3, -0.25) is 0 Å². The molecule has 0 radical (unpaired) electrons. The average molecular weight is 691 g/mol. The predicted octanol–water partition coefficient (Wildman–Crippen LogP) is 12.0. The average Bonchev–Trinajstić information content (AvgIpc) is 3.78. The maximum absolute atomic E-state index is 6.84. The summed E-state index contributed by atoms with van der Waals surface area (Å²) in [7, 11) is 0. The molecule has 0 fully saturated rings. The van der Waals surface area contributed by atoms with Gasteiger partial charge in [-0.2, -0.15) is 0 Å². The first-order valence-corrected chi connectivity index (χ1v) is 18.8. The van der Waals surface area contributed by atoms with Crippen LogP contribution >= 0.6 is 0 Å². The van der Waals surface area contributed by atoms with Crippen LogP contribution in [0.15, 0.2) is 160 Å². The lowest BCUT2D eigenvalue weighted by Gasteiger charge is -2.50. The lowest BCUT2D eigenvalue weighted by Crippen LogP contribution is -2.62. The normalized spacial score (nSPS) is 14.9. The quantitative estimate of drug-likeness (QED) is 0.161. The summed E-state index contributed by atoms with van der Waals surface area (Å²) >= 11 is 0. The van der Waals surface area contributed by atoms with Gasteiger partial charge >= 0.3 is 6.85 Å². The van der Waals surface area contributed by atoms with Crippen LogP contribution in [0.1, 0.15) is 25.0 Å². The minimum Gasteiger partial charge on any atom is -0.456 e. The third-order valence-corrected chi connectivity index (χ3v) is 12.6. The fourth-order valence-electron chi connectivity index (χ4n) is 10.3. The van der Waals surface area contributed by atoms with Gasteiger partial charge in [0.1, 0.15) is 22.3 Å². The number of hydrogen-bond acceptors (Lipinski definition) is 4. The van der Waals surface area contributed by atoms with Gasteiger partial charge in [0, 0.05) is 38.8 Å². The van der Waals surface area contributed by atoms with E-state index in [-0.39, 0.29) is 12.3 Å². The molecule has 0 saturated carbocycles. The zero-order valence-corrected chi connectivity index (χ0v) is 29.7. The Kier molecular flexibility index (Phi) is 5.24. The van der Waals surface area contributed by atoms with Crippen LogP contribution < -0.4 is 20.6 Å². The van der Waals surface area contributed by atoms with E-state index in [1.807, 2.05) is 0 Å². The van der Waals surface area contributed by atoms with Gasteiger partial charge in [-0.15, -0.1) is 0 Å². The summed E-state index contributed by atoms with van der Waals surface area (Å²) < 4.78 is 13.4. The van der Waals surface area contributed by atoms with Gasteiger partial charge in [-0.25, -0.2) is 0 Å². The van der Waals surface area contributed by atoms with Gasteiger partial charge in [0.2, 0.25) is 0 Å².